The summed E-state index contributed by atoms with van der Waals surface area (Å²) >= 11 is 0. The zero-order valence-electron chi connectivity index (χ0n) is 11.6. The quantitative estimate of drug-likeness (QED) is 0.617. The topological polar surface area (TPSA) is 68.4 Å². The molecule has 0 saturated heterocycles. The summed E-state index contributed by atoms with van der Waals surface area (Å²) in [7, 11) is 3.96. The second-order valence-corrected chi connectivity index (χ2v) is 4.98. The van der Waals surface area contributed by atoms with E-state index in [2.05, 4.69) is 4.90 Å². The number of rotatable bonds is 5. The highest BCUT2D eigenvalue weighted by Gasteiger charge is 2.09. The van der Waals surface area contributed by atoms with E-state index in [4.69, 9.17) is 0 Å². The Hall–Kier alpha value is -2.21. The molecule has 6 heteroatoms. The van der Waals surface area contributed by atoms with E-state index < -0.39 is 4.92 Å². The summed E-state index contributed by atoms with van der Waals surface area (Å²) in [5, 5.41) is 11.5. The Balaban J connectivity index is 2.40. The first-order chi connectivity index (χ1) is 9.49. The highest BCUT2D eigenvalue weighted by atomic mass is 16.6. The van der Waals surface area contributed by atoms with Crippen molar-refractivity contribution in [2.24, 2.45) is 0 Å². The lowest BCUT2D eigenvalue weighted by Gasteiger charge is -2.12. The number of nitro benzene ring substituents is 1. The number of fused-ring (bicyclic) bond motifs is 1. The van der Waals surface area contributed by atoms with Gasteiger partial charge in [-0.05, 0) is 39.2 Å². The maximum absolute atomic E-state index is 11.9. The maximum Gasteiger partial charge on any atom is 0.270 e. The summed E-state index contributed by atoms with van der Waals surface area (Å²) in [5.41, 5.74) is 0.697. The first-order valence-electron chi connectivity index (χ1n) is 6.42. The van der Waals surface area contributed by atoms with Crippen LogP contribution in [0.5, 0.6) is 0 Å². The molecule has 0 fully saturated rings. The molecule has 0 aliphatic heterocycles. The van der Waals surface area contributed by atoms with Crippen molar-refractivity contribution in [1.82, 2.24) is 9.47 Å². The molecule has 0 spiro atoms. The SMILES string of the molecule is CN(C)CCCn1c(=O)ccc2cc([N+](=O)[O-])ccc21. The van der Waals surface area contributed by atoms with Gasteiger partial charge in [0.25, 0.3) is 11.2 Å². The van der Waals surface area contributed by atoms with Crippen LogP contribution in [0.4, 0.5) is 5.69 Å². The van der Waals surface area contributed by atoms with E-state index in [1.165, 1.54) is 18.2 Å². The lowest BCUT2D eigenvalue weighted by Crippen LogP contribution is -2.22. The summed E-state index contributed by atoms with van der Waals surface area (Å²) in [5.74, 6) is 0. The van der Waals surface area contributed by atoms with Gasteiger partial charge >= 0.3 is 0 Å². The number of aryl methyl sites for hydroxylation is 1. The van der Waals surface area contributed by atoms with Crippen LogP contribution in [-0.2, 0) is 6.54 Å². The summed E-state index contributed by atoms with van der Waals surface area (Å²) in [6.07, 6.45) is 0.850. The molecule has 1 aromatic heterocycles. The van der Waals surface area contributed by atoms with Gasteiger partial charge < -0.3 is 9.47 Å². The van der Waals surface area contributed by atoms with E-state index in [-0.39, 0.29) is 11.2 Å². The number of nitro groups is 1. The smallest absolute Gasteiger partial charge is 0.270 e. The van der Waals surface area contributed by atoms with Gasteiger partial charge in [-0.25, -0.2) is 0 Å². The van der Waals surface area contributed by atoms with Gasteiger partial charge in [0.2, 0.25) is 0 Å². The van der Waals surface area contributed by atoms with E-state index in [0.29, 0.717) is 11.9 Å². The molecule has 0 saturated carbocycles. The minimum absolute atomic E-state index is 0.0380. The molecule has 106 valence electrons. The lowest BCUT2D eigenvalue weighted by molar-refractivity contribution is -0.384. The Morgan fingerprint density at radius 2 is 2.00 bits per heavy atom. The summed E-state index contributed by atoms with van der Waals surface area (Å²) in [6, 6.07) is 7.67. The Labute approximate surface area is 116 Å². The van der Waals surface area contributed by atoms with Gasteiger partial charge in [0.15, 0.2) is 0 Å². The number of non-ortho nitro benzene ring substituents is 1. The molecule has 0 amide bonds. The third-order valence-electron chi connectivity index (χ3n) is 3.17. The Kier molecular flexibility index (Phi) is 4.14. The second kappa shape index (κ2) is 5.83. The molecular weight excluding hydrogens is 258 g/mol. The van der Waals surface area contributed by atoms with E-state index in [0.717, 1.165) is 18.5 Å². The number of benzene rings is 1. The fraction of sp³-hybridized carbons (Fsp3) is 0.357. The zero-order valence-corrected chi connectivity index (χ0v) is 11.6. The predicted molar refractivity (Wildman–Crippen MR) is 78.0 cm³/mol. The molecule has 1 aromatic carbocycles. The molecular formula is C14H17N3O3. The van der Waals surface area contributed by atoms with Crippen LogP contribution >= 0.6 is 0 Å². The van der Waals surface area contributed by atoms with Crippen molar-refractivity contribution in [1.29, 1.82) is 0 Å². The monoisotopic (exact) mass is 275 g/mol. The molecule has 2 aromatic rings. The fourth-order valence-electron chi connectivity index (χ4n) is 2.18. The van der Waals surface area contributed by atoms with Gasteiger partial charge in [0.1, 0.15) is 0 Å². The fourth-order valence-corrected chi connectivity index (χ4v) is 2.18. The number of pyridine rings is 1. The lowest BCUT2D eigenvalue weighted by atomic mass is 10.2. The van der Waals surface area contributed by atoms with Gasteiger partial charge in [-0.2, -0.15) is 0 Å². The van der Waals surface area contributed by atoms with Crippen LogP contribution in [0.3, 0.4) is 0 Å². The van der Waals surface area contributed by atoms with Crippen molar-refractivity contribution in [2.45, 2.75) is 13.0 Å². The zero-order chi connectivity index (χ0) is 14.7. The highest BCUT2D eigenvalue weighted by Crippen LogP contribution is 2.19. The van der Waals surface area contributed by atoms with Crippen molar-refractivity contribution < 1.29 is 4.92 Å². The van der Waals surface area contributed by atoms with Crippen molar-refractivity contribution in [3.63, 3.8) is 0 Å². The normalized spacial score (nSPS) is 11.2. The number of hydrogen-bond acceptors (Lipinski definition) is 4. The minimum atomic E-state index is -0.430. The molecule has 0 unspecified atom stereocenters. The van der Waals surface area contributed by atoms with Gasteiger partial charge in [-0.15, -0.1) is 0 Å². The van der Waals surface area contributed by atoms with E-state index >= 15 is 0 Å². The van der Waals surface area contributed by atoms with Crippen molar-refractivity contribution in [3.05, 3.63) is 50.8 Å². The average molecular weight is 275 g/mol. The summed E-state index contributed by atoms with van der Waals surface area (Å²) < 4.78 is 1.67. The molecule has 0 aliphatic rings. The van der Waals surface area contributed by atoms with Gasteiger partial charge in [0, 0.05) is 30.1 Å². The van der Waals surface area contributed by atoms with Crippen LogP contribution in [0.25, 0.3) is 10.9 Å². The molecule has 6 nitrogen and oxygen atoms in total. The molecule has 2 rings (SSSR count). The molecule has 0 aliphatic carbocycles. The second-order valence-electron chi connectivity index (χ2n) is 4.98. The predicted octanol–water partition coefficient (Wildman–Crippen LogP) is 1.86. The molecule has 0 N–H and O–H groups in total. The Morgan fingerprint density at radius 1 is 1.25 bits per heavy atom. The average Bonchev–Trinajstić information content (AvgIpc) is 2.40. The largest absolute Gasteiger partial charge is 0.309 e. The van der Waals surface area contributed by atoms with E-state index in [1.807, 2.05) is 14.1 Å². The standard InChI is InChI=1S/C14H17N3O3/c1-15(2)8-3-9-16-13-6-5-12(17(19)20)10-11(13)4-7-14(16)18/h4-7,10H,3,8-9H2,1-2H3. The molecule has 0 atom stereocenters. The van der Waals surface area contributed by atoms with Crippen LogP contribution in [0.15, 0.2) is 35.1 Å². The maximum atomic E-state index is 11.9. The molecule has 1 heterocycles. The Morgan fingerprint density at radius 3 is 2.65 bits per heavy atom. The third-order valence-corrected chi connectivity index (χ3v) is 3.17. The third kappa shape index (κ3) is 3.03. The highest BCUT2D eigenvalue weighted by molar-refractivity contribution is 5.81. The van der Waals surface area contributed by atoms with E-state index in [1.54, 1.807) is 16.7 Å². The van der Waals surface area contributed by atoms with Gasteiger partial charge in [-0.1, -0.05) is 0 Å². The van der Waals surface area contributed by atoms with E-state index in [9.17, 15) is 14.9 Å². The van der Waals surface area contributed by atoms with Crippen LogP contribution in [-0.4, -0.2) is 35.0 Å². The van der Waals surface area contributed by atoms with Crippen molar-refractivity contribution in [2.75, 3.05) is 20.6 Å². The van der Waals surface area contributed by atoms with Crippen molar-refractivity contribution >= 4 is 16.6 Å². The van der Waals surface area contributed by atoms with Crippen LogP contribution in [0.1, 0.15) is 6.42 Å². The van der Waals surface area contributed by atoms with Crippen LogP contribution in [0.2, 0.25) is 0 Å². The number of nitrogens with zero attached hydrogens (tertiary/aromatic N) is 3. The first-order valence-corrected chi connectivity index (χ1v) is 6.42. The Bertz CT molecular complexity index is 692. The first kappa shape index (κ1) is 14.2. The number of aromatic nitrogens is 1. The van der Waals surface area contributed by atoms with Crippen molar-refractivity contribution in [3.8, 4) is 0 Å². The van der Waals surface area contributed by atoms with Crippen LogP contribution < -0.4 is 5.56 Å². The summed E-state index contributed by atoms with van der Waals surface area (Å²) in [4.78, 5) is 24.3. The minimum Gasteiger partial charge on any atom is -0.309 e. The van der Waals surface area contributed by atoms with Gasteiger partial charge in [0.05, 0.1) is 10.4 Å². The molecule has 20 heavy (non-hydrogen) atoms. The van der Waals surface area contributed by atoms with Crippen LogP contribution in [0, 0.1) is 10.1 Å². The number of hydrogen-bond donors (Lipinski definition) is 0. The summed E-state index contributed by atoms with van der Waals surface area (Å²) in [6.45, 7) is 1.49. The molecule has 0 radical (unpaired) electrons. The van der Waals surface area contributed by atoms with Gasteiger partial charge in [-0.3, -0.25) is 14.9 Å². The molecule has 0 bridgehead atoms.